The van der Waals surface area contributed by atoms with Crippen molar-refractivity contribution in [3.05, 3.63) is 18.2 Å². The van der Waals surface area contributed by atoms with Gasteiger partial charge in [-0.1, -0.05) is 0 Å². The van der Waals surface area contributed by atoms with Crippen LogP contribution in [0.2, 0.25) is 0 Å². The molecule has 1 amide bonds. The molecule has 0 saturated carbocycles. The van der Waals surface area contributed by atoms with Gasteiger partial charge in [0.15, 0.2) is 0 Å². The molecule has 5 nitrogen and oxygen atoms in total. The van der Waals surface area contributed by atoms with E-state index >= 15 is 0 Å². The van der Waals surface area contributed by atoms with Gasteiger partial charge in [-0.2, -0.15) is 0 Å². The molecule has 0 saturated heterocycles. The minimum atomic E-state index is -0.521. The minimum Gasteiger partial charge on any atom is -0.487 e. The highest BCUT2D eigenvalue weighted by Gasteiger charge is 2.31. The first-order valence-electron chi connectivity index (χ1n) is 6.33. The maximum Gasteiger partial charge on any atom is 0.415 e. The average molecular weight is 264 g/mol. The third kappa shape index (κ3) is 3.10. The molecule has 1 atom stereocenters. The van der Waals surface area contributed by atoms with Crippen LogP contribution in [0.25, 0.3) is 0 Å². The minimum absolute atomic E-state index is 0.0955. The molecule has 0 spiro atoms. The third-order valence-corrected chi connectivity index (χ3v) is 2.66. The lowest BCUT2D eigenvalue weighted by molar-refractivity contribution is 0.0552. The lowest BCUT2D eigenvalue weighted by atomic mass is 10.2. The average Bonchev–Trinajstić information content (AvgIpc) is 2.24. The number of carbonyl (C=O) groups is 1. The highest BCUT2D eigenvalue weighted by Crippen LogP contribution is 2.35. The number of amides is 1. The molecule has 1 aromatic carbocycles. The molecule has 0 aliphatic carbocycles. The van der Waals surface area contributed by atoms with Crippen LogP contribution in [-0.2, 0) is 4.74 Å². The SMILES string of the molecule is CC1CN(C(=O)OC(C)(C)C)c2ccc(N)cc2O1. The molecule has 1 unspecified atom stereocenters. The van der Waals surface area contributed by atoms with Crippen LogP contribution in [-0.4, -0.2) is 24.3 Å². The summed E-state index contributed by atoms with van der Waals surface area (Å²) < 4.78 is 11.1. The number of nitrogens with zero attached hydrogens (tertiary/aromatic N) is 1. The zero-order valence-electron chi connectivity index (χ0n) is 11.8. The molecule has 5 heteroatoms. The second kappa shape index (κ2) is 4.64. The van der Waals surface area contributed by atoms with E-state index in [0.29, 0.717) is 23.7 Å². The zero-order valence-corrected chi connectivity index (χ0v) is 11.8. The second-order valence-corrected chi connectivity index (χ2v) is 5.75. The second-order valence-electron chi connectivity index (χ2n) is 5.75. The molecule has 0 aromatic heterocycles. The Morgan fingerprint density at radius 3 is 2.79 bits per heavy atom. The van der Waals surface area contributed by atoms with Crippen LogP contribution in [0.1, 0.15) is 27.7 Å². The van der Waals surface area contributed by atoms with E-state index in [1.165, 1.54) is 0 Å². The van der Waals surface area contributed by atoms with E-state index in [0.717, 1.165) is 0 Å². The Labute approximate surface area is 113 Å². The first-order chi connectivity index (χ1) is 8.76. The van der Waals surface area contributed by atoms with Gasteiger partial charge < -0.3 is 15.2 Å². The Morgan fingerprint density at radius 2 is 2.16 bits per heavy atom. The largest absolute Gasteiger partial charge is 0.487 e. The van der Waals surface area contributed by atoms with E-state index in [4.69, 9.17) is 15.2 Å². The number of anilines is 2. The summed E-state index contributed by atoms with van der Waals surface area (Å²) in [6, 6.07) is 5.25. The molecule has 1 heterocycles. The van der Waals surface area contributed by atoms with Crippen molar-refractivity contribution in [2.45, 2.75) is 39.4 Å². The molecule has 0 fully saturated rings. The fourth-order valence-electron chi connectivity index (χ4n) is 1.95. The molecule has 1 aliphatic heterocycles. The number of rotatable bonds is 0. The monoisotopic (exact) mass is 264 g/mol. The summed E-state index contributed by atoms with van der Waals surface area (Å²) >= 11 is 0. The number of hydrogen-bond acceptors (Lipinski definition) is 4. The van der Waals surface area contributed by atoms with E-state index in [1.54, 1.807) is 23.1 Å². The Bertz CT molecular complexity index is 494. The van der Waals surface area contributed by atoms with E-state index in [2.05, 4.69) is 0 Å². The predicted molar refractivity (Wildman–Crippen MR) is 74.5 cm³/mol. The normalized spacial score (nSPS) is 18.5. The number of nitrogens with two attached hydrogens (primary N) is 1. The Morgan fingerprint density at radius 1 is 1.47 bits per heavy atom. The van der Waals surface area contributed by atoms with Crippen LogP contribution < -0.4 is 15.4 Å². The Kier molecular flexibility index (Phi) is 3.30. The summed E-state index contributed by atoms with van der Waals surface area (Å²) in [5, 5.41) is 0. The smallest absolute Gasteiger partial charge is 0.415 e. The number of fused-ring (bicyclic) bond motifs is 1. The van der Waals surface area contributed by atoms with E-state index in [1.807, 2.05) is 27.7 Å². The van der Waals surface area contributed by atoms with E-state index in [9.17, 15) is 4.79 Å². The molecule has 104 valence electrons. The van der Waals surface area contributed by atoms with E-state index < -0.39 is 5.60 Å². The van der Waals surface area contributed by atoms with Crippen LogP contribution in [0.5, 0.6) is 5.75 Å². The highest BCUT2D eigenvalue weighted by atomic mass is 16.6. The van der Waals surface area contributed by atoms with Crippen LogP contribution in [0.4, 0.5) is 16.2 Å². The standard InChI is InChI=1S/C14H20N2O3/c1-9-8-16(13(17)19-14(2,3)4)11-6-5-10(15)7-12(11)18-9/h5-7,9H,8,15H2,1-4H3. The topological polar surface area (TPSA) is 64.8 Å². The van der Waals surface area contributed by atoms with Crippen molar-refractivity contribution < 1.29 is 14.3 Å². The van der Waals surface area contributed by atoms with Crippen LogP contribution in [0.3, 0.4) is 0 Å². The fourth-order valence-corrected chi connectivity index (χ4v) is 1.95. The van der Waals surface area contributed by atoms with Gasteiger partial charge in [0.25, 0.3) is 0 Å². The maximum atomic E-state index is 12.2. The molecule has 19 heavy (non-hydrogen) atoms. The molecule has 2 rings (SSSR count). The van der Waals surface area contributed by atoms with E-state index in [-0.39, 0.29) is 12.2 Å². The highest BCUT2D eigenvalue weighted by molar-refractivity contribution is 5.91. The van der Waals surface area contributed by atoms with Gasteiger partial charge in [0.2, 0.25) is 0 Å². The van der Waals surface area contributed by atoms with Crippen molar-refractivity contribution in [2.75, 3.05) is 17.2 Å². The van der Waals surface area contributed by atoms with Gasteiger partial charge in [0.1, 0.15) is 17.5 Å². The molecular weight excluding hydrogens is 244 g/mol. The quantitative estimate of drug-likeness (QED) is 0.732. The number of carbonyl (C=O) groups excluding carboxylic acids is 1. The van der Waals surface area contributed by atoms with Crippen molar-refractivity contribution in [3.8, 4) is 5.75 Å². The first-order valence-corrected chi connectivity index (χ1v) is 6.33. The number of ether oxygens (including phenoxy) is 2. The predicted octanol–water partition coefficient (Wildman–Crippen LogP) is 2.79. The molecular formula is C14H20N2O3. The van der Waals surface area contributed by atoms with Crippen molar-refractivity contribution in [2.24, 2.45) is 0 Å². The first kappa shape index (κ1) is 13.5. The maximum absolute atomic E-state index is 12.2. The number of nitrogen functional groups attached to an aromatic ring is 1. The summed E-state index contributed by atoms with van der Waals surface area (Å²) in [6.07, 6.45) is -0.463. The van der Waals surface area contributed by atoms with Crippen molar-refractivity contribution >= 4 is 17.5 Å². The molecule has 0 radical (unpaired) electrons. The Balaban J connectivity index is 2.30. The van der Waals surface area contributed by atoms with Gasteiger partial charge >= 0.3 is 6.09 Å². The summed E-state index contributed by atoms with van der Waals surface area (Å²) in [4.78, 5) is 13.8. The third-order valence-electron chi connectivity index (χ3n) is 2.66. The zero-order chi connectivity index (χ0) is 14.2. The van der Waals surface area contributed by atoms with Crippen LogP contribution in [0.15, 0.2) is 18.2 Å². The van der Waals surface area contributed by atoms with Gasteiger partial charge in [-0.25, -0.2) is 4.79 Å². The van der Waals surface area contributed by atoms with Gasteiger partial charge in [-0.05, 0) is 39.8 Å². The Hall–Kier alpha value is -1.91. The molecule has 0 bridgehead atoms. The summed E-state index contributed by atoms with van der Waals surface area (Å²) in [7, 11) is 0. The summed E-state index contributed by atoms with van der Waals surface area (Å²) in [6.45, 7) is 7.91. The molecule has 1 aromatic rings. The van der Waals surface area contributed by atoms with Gasteiger partial charge in [0.05, 0.1) is 12.2 Å². The summed E-state index contributed by atoms with van der Waals surface area (Å²) in [5.74, 6) is 0.615. The van der Waals surface area contributed by atoms with Gasteiger partial charge in [0, 0.05) is 11.8 Å². The van der Waals surface area contributed by atoms with Gasteiger partial charge in [-0.15, -0.1) is 0 Å². The van der Waals surface area contributed by atoms with Gasteiger partial charge in [-0.3, -0.25) is 4.90 Å². The van der Waals surface area contributed by atoms with Crippen molar-refractivity contribution in [3.63, 3.8) is 0 Å². The lowest BCUT2D eigenvalue weighted by Gasteiger charge is -2.34. The molecule has 2 N–H and O–H groups in total. The fraction of sp³-hybridized carbons (Fsp3) is 0.500. The summed E-state index contributed by atoms with van der Waals surface area (Å²) in [5.41, 5.74) is 6.52. The lowest BCUT2D eigenvalue weighted by Crippen LogP contribution is -2.44. The van der Waals surface area contributed by atoms with Crippen LogP contribution >= 0.6 is 0 Å². The van der Waals surface area contributed by atoms with Crippen molar-refractivity contribution in [1.29, 1.82) is 0 Å². The van der Waals surface area contributed by atoms with Crippen LogP contribution in [0, 0.1) is 0 Å². The molecule has 1 aliphatic rings. The number of hydrogen-bond donors (Lipinski definition) is 1. The number of benzene rings is 1. The van der Waals surface area contributed by atoms with Crippen molar-refractivity contribution in [1.82, 2.24) is 0 Å².